The smallest absolute Gasteiger partial charge is 0.0640 e. The minimum atomic E-state index is -0.139. The summed E-state index contributed by atoms with van der Waals surface area (Å²) in [5.41, 5.74) is 5.58. The van der Waals surface area contributed by atoms with E-state index < -0.39 is 0 Å². The maximum atomic E-state index is 5.82. The number of rotatable bonds is 3. The predicted molar refractivity (Wildman–Crippen MR) is 44.0 cm³/mol. The third-order valence-corrected chi connectivity index (χ3v) is 1.43. The standard InChI is InChI=1S/C8H19NO/c1-7(2,9)6-8(3,4)10-5/h6,9H2,1-5H3. The summed E-state index contributed by atoms with van der Waals surface area (Å²) in [4.78, 5) is 0. The molecule has 0 aliphatic heterocycles. The van der Waals surface area contributed by atoms with E-state index in [2.05, 4.69) is 0 Å². The van der Waals surface area contributed by atoms with E-state index >= 15 is 0 Å². The van der Waals surface area contributed by atoms with Crippen molar-refractivity contribution in [2.75, 3.05) is 7.11 Å². The van der Waals surface area contributed by atoms with Crippen LogP contribution in [-0.4, -0.2) is 18.2 Å². The number of methoxy groups -OCH3 is 1. The van der Waals surface area contributed by atoms with E-state index in [4.69, 9.17) is 10.5 Å². The Hall–Kier alpha value is -0.0800. The molecule has 2 heteroatoms. The SMILES string of the molecule is COC(C)(C)CC(C)(C)N. The lowest BCUT2D eigenvalue weighted by molar-refractivity contribution is 0.00147. The van der Waals surface area contributed by atoms with Gasteiger partial charge in [-0.2, -0.15) is 0 Å². The Kier molecular flexibility index (Phi) is 2.86. The van der Waals surface area contributed by atoms with Gasteiger partial charge in [-0.3, -0.25) is 0 Å². The minimum Gasteiger partial charge on any atom is -0.379 e. The van der Waals surface area contributed by atoms with Crippen LogP contribution in [0.15, 0.2) is 0 Å². The summed E-state index contributed by atoms with van der Waals surface area (Å²) in [7, 11) is 1.71. The van der Waals surface area contributed by atoms with Crippen LogP contribution in [-0.2, 0) is 4.74 Å². The lowest BCUT2D eigenvalue weighted by atomic mass is 9.90. The number of nitrogens with two attached hydrogens (primary N) is 1. The van der Waals surface area contributed by atoms with E-state index in [9.17, 15) is 0 Å². The summed E-state index contributed by atoms with van der Waals surface area (Å²) in [5.74, 6) is 0. The van der Waals surface area contributed by atoms with Crippen LogP contribution in [0.2, 0.25) is 0 Å². The second-order valence-corrected chi connectivity index (χ2v) is 4.13. The van der Waals surface area contributed by atoms with Gasteiger partial charge in [0.25, 0.3) is 0 Å². The van der Waals surface area contributed by atoms with Gasteiger partial charge in [0, 0.05) is 12.6 Å². The van der Waals surface area contributed by atoms with Crippen LogP contribution in [0.3, 0.4) is 0 Å². The highest BCUT2D eigenvalue weighted by Gasteiger charge is 2.24. The van der Waals surface area contributed by atoms with Crippen molar-refractivity contribution in [3.63, 3.8) is 0 Å². The predicted octanol–water partition coefficient (Wildman–Crippen LogP) is 1.54. The van der Waals surface area contributed by atoms with Crippen molar-refractivity contribution in [1.29, 1.82) is 0 Å². The van der Waals surface area contributed by atoms with Crippen molar-refractivity contribution in [2.45, 2.75) is 45.3 Å². The van der Waals surface area contributed by atoms with Crippen LogP contribution in [0.4, 0.5) is 0 Å². The van der Waals surface area contributed by atoms with E-state index in [1.807, 2.05) is 27.7 Å². The first-order valence-corrected chi connectivity index (χ1v) is 3.61. The molecule has 0 aliphatic carbocycles. The maximum Gasteiger partial charge on any atom is 0.0640 e. The Morgan fingerprint density at radius 2 is 1.60 bits per heavy atom. The molecule has 10 heavy (non-hydrogen) atoms. The zero-order valence-electron chi connectivity index (χ0n) is 7.69. The quantitative estimate of drug-likeness (QED) is 0.653. The molecule has 2 nitrogen and oxygen atoms in total. The van der Waals surface area contributed by atoms with Crippen molar-refractivity contribution < 1.29 is 4.74 Å². The normalized spacial score (nSPS) is 13.8. The number of hydrogen-bond donors (Lipinski definition) is 1. The van der Waals surface area contributed by atoms with Gasteiger partial charge < -0.3 is 10.5 Å². The summed E-state index contributed by atoms with van der Waals surface area (Å²) >= 11 is 0. The summed E-state index contributed by atoms with van der Waals surface area (Å²) in [6.07, 6.45) is 0.872. The van der Waals surface area contributed by atoms with Crippen LogP contribution in [0.1, 0.15) is 34.1 Å². The lowest BCUT2D eigenvalue weighted by Gasteiger charge is -2.30. The molecular weight excluding hydrogens is 126 g/mol. The second-order valence-electron chi connectivity index (χ2n) is 4.13. The molecule has 0 unspecified atom stereocenters. The number of ether oxygens (including phenoxy) is 1. The zero-order valence-corrected chi connectivity index (χ0v) is 7.69. The van der Waals surface area contributed by atoms with Gasteiger partial charge in [-0.05, 0) is 34.1 Å². The molecule has 0 aliphatic rings. The Bertz CT molecular complexity index is 102. The molecule has 0 bridgehead atoms. The van der Waals surface area contributed by atoms with Gasteiger partial charge >= 0.3 is 0 Å². The molecule has 0 spiro atoms. The third kappa shape index (κ3) is 4.77. The molecule has 0 aromatic rings. The van der Waals surface area contributed by atoms with E-state index in [1.165, 1.54) is 0 Å². The summed E-state index contributed by atoms with van der Waals surface area (Å²) in [6.45, 7) is 8.10. The largest absolute Gasteiger partial charge is 0.379 e. The molecule has 0 atom stereocenters. The van der Waals surface area contributed by atoms with Gasteiger partial charge in [-0.25, -0.2) is 0 Å². The molecule has 62 valence electrons. The highest BCUT2D eigenvalue weighted by atomic mass is 16.5. The highest BCUT2D eigenvalue weighted by molar-refractivity contribution is 4.82. The Labute approximate surface area is 63.7 Å². The molecule has 2 N–H and O–H groups in total. The summed E-state index contributed by atoms with van der Waals surface area (Å²) in [5, 5.41) is 0. The zero-order chi connectivity index (χ0) is 8.41. The van der Waals surface area contributed by atoms with Crippen LogP contribution in [0.25, 0.3) is 0 Å². The topological polar surface area (TPSA) is 35.2 Å². The molecule has 0 saturated heterocycles. The number of hydrogen-bond acceptors (Lipinski definition) is 2. The first-order chi connectivity index (χ1) is 4.27. The van der Waals surface area contributed by atoms with E-state index in [0.29, 0.717) is 0 Å². The molecule has 0 aromatic carbocycles. The molecule has 0 radical (unpaired) electrons. The van der Waals surface area contributed by atoms with Crippen LogP contribution in [0, 0.1) is 0 Å². The first-order valence-electron chi connectivity index (χ1n) is 3.61. The van der Waals surface area contributed by atoms with Crippen molar-refractivity contribution in [2.24, 2.45) is 5.73 Å². The maximum absolute atomic E-state index is 5.82. The fourth-order valence-electron chi connectivity index (χ4n) is 1.17. The van der Waals surface area contributed by atoms with Gasteiger partial charge in [0.15, 0.2) is 0 Å². The molecule has 0 rings (SSSR count). The fourth-order valence-corrected chi connectivity index (χ4v) is 1.17. The van der Waals surface area contributed by atoms with Crippen molar-refractivity contribution in [1.82, 2.24) is 0 Å². The molecule has 0 saturated carbocycles. The Balaban J connectivity index is 3.89. The Morgan fingerprint density at radius 3 is 1.70 bits per heavy atom. The second kappa shape index (κ2) is 2.89. The summed E-state index contributed by atoms with van der Waals surface area (Å²) < 4.78 is 5.23. The van der Waals surface area contributed by atoms with E-state index in [1.54, 1.807) is 7.11 Å². The van der Waals surface area contributed by atoms with Crippen LogP contribution >= 0.6 is 0 Å². The van der Waals surface area contributed by atoms with Gasteiger partial charge in [0.05, 0.1) is 5.60 Å². The van der Waals surface area contributed by atoms with Crippen LogP contribution in [0.5, 0.6) is 0 Å². The molecular formula is C8H19NO. The average molecular weight is 145 g/mol. The van der Waals surface area contributed by atoms with Crippen LogP contribution < -0.4 is 5.73 Å². The molecule has 0 heterocycles. The first kappa shape index (κ1) is 9.92. The van der Waals surface area contributed by atoms with E-state index in [-0.39, 0.29) is 11.1 Å². The fraction of sp³-hybridized carbons (Fsp3) is 1.00. The molecule has 0 fully saturated rings. The van der Waals surface area contributed by atoms with Crippen molar-refractivity contribution in [3.05, 3.63) is 0 Å². The van der Waals surface area contributed by atoms with Gasteiger partial charge in [0.1, 0.15) is 0 Å². The lowest BCUT2D eigenvalue weighted by Crippen LogP contribution is -2.41. The van der Waals surface area contributed by atoms with Gasteiger partial charge in [0.2, 0.25) is 0 Å². The Morgan fingerprint density at radius 1 is 1.20 bits per heavy atom. The minimum absolute atomic E-state index is 0.0990. The highest BCUT2D eigenvalue weighted by Crippen LogP contribution is 2.20. The van der Waals surface area contributed by atoms with Crippen molar-refractivity contribution >= 4 is 0 Å². The molecule has 0 amide bonds. The van der Waals surface area contributed by atoms with Gasteiger partial charge in [-0.1, -0.05) is 0 Å². The van der Waals surface area contributed by atoms with Crippen molar-refractivity contribution in [3.8, 4) is 0 Å². The third-order valence-electron chi connectivity index (χ3n) is 1.43. The monoisotopic (exact) mass is 145 g/mol. The van der Waals surface area contributed by atoms with E-state index in [0.717, 1.165) is 6.42 Å². The average Bonchev–Trinajstić information content (AvgIpc) is 1.60. The molecule has 0 aromatic heterocycles. The van der Waals surface area contributed by atoms with Gasteiger partial charge in [-0.15, -0.1) is 0 Å². The summed E-state index contributed by atoms with van der Waals surface area (Å²) in [6, 6.07) is 0.